The van der Waals surface area contributed by atoms with Crippen molar-refractivity contribution in [2.45, 2.75) is 38.6 Å². The number of quaternary nitrogens is 1. The van der Waals surface area contributed by atoms with E-state index >= 15 is 0 Å². The number of piperidine rings is 1. The Kier molecular flexibility index (Phi) is 8.07. The average molecular weight is 583 g/mol. The van der Waals surface area contributed by atoms with Crippen LogP contribution in [0.5, 0.6) is 0 Å². The second-order valence-electron chi connectivity index (χ2n) is 10.0. The SMILES string of the molecule is C[N+]1(Cc2ccc(NC(=O)C3=Cc4cc(-c5ccc(F)cc5)ccc4CC3)cc2)CCCCC1.[I-]. The summed E-state index contributed by atoms with van der Waals surface area (Å²) in [5, 5.41) is 3.08. The molecule has 2 aliphatic rings. The maximum atomic E-state index is 13.3. The van der Waals surface area contributed by atoms with Gasteiger partial charge in [0.05, 0.1) is 20.1 Å². The molecule has 5 rings (SSSR count). The van der Waals surface area contributed by atoms with Gasteiger partial charge in [0, 0.05) is 16.8 Å². The molecule has 0 saturated carbocycles. The van der Waals surface area contributed by atoms with E-state index in [1.165, 1.54) is 55.6 Å². The van der Waals surface area contributed by atoms with Crippen LogP contribution in [0.1, 0.15) is 42.4 Å². The maximum Gasteiger partial charge on any atom is 0.251 e. The lowest BCUT2D eigenvalue weighted by molar-refractivity contribution is -0.926. The smallest absolute Gasteiger partial charge is 0.251 e. The molecular weight excluding hydrogens is 550 g/mol. The third-order valence-electron chi connectivity index (χ3n) is 7.28. The van der Waals surface area contributed by atoms with E-state index in [9.17, 15) is 9.18 Å². The van der Waals surface area contributed by atoms with Crippen LogP contribution in [-0.4, -0.2) is 30.5 Å². The highest BCUT2D eigenvalue weighted by Crippen LogP contribution is 2.30. The van der Waals surface area contributed by atoms with Crippen LogP contribution in [0.15, 0.2) is 72.3 Å². The van der Waals surface area contributed by atoms with Crippen molar-refractivity contribution in [1.29, 1.82) is 0 Å². The van der Waals surface area contributed by atoms with Crippen molar-refractivity contribution < 1.29 is 37.6 Å². The van der Waals surface area contributed by atoms with E-state index in [-0.39, 0.29) is 35.7 Å². The molecule has 0 atom stereocenters. The first kappa shape index (κ1) is 25.6. The third-order valence-corrected chi connectivity index (χ3v) is 7.28. The van der Waals surface area contributed by atoms with E-state index in [0.29, 0.717) is 0 Å². The van der Waals surface area contributed by atoms with Gasteiger partial charge in [-0.2, -0.15) is 0 Å². The lowest BCUT2D eigenvalue weighted by Crippen LogP contribution is -3.00. The molecule has 1 saturated heterocycles. The van der Waals surface area contributed by atoms with Crippen LogP contribution in [0.3, 0.4) is 0 Å². The minimum absolute atomic E-state index is 0. The molecule has 0 bridgehead atoms. The van der Waals surface area contributed by atoms with Gasteiger partial charge in [0.15, 0.2) is 0 Å². The van der Waals surface area contributed by atoms with E-state index < -0.39 is 0 Å². The molecule has 3 nitrogen and oxygen atoms in total. The number of fused-ring (bicyclic) bond motifs is 1. The van der Waals surface area contributed by atoms with E-state index in [1.807, 2.05) is 18.2 Å². The van der Waals surface area contributed by atoms with Crippen molar-refractivity contribution in [1.82, 2.24) is 0 Å². The van der Waals surface area contributed by atoms with E-state index in [1.54, 1.807) is 12.1 Å². The number of carbonyl (C=O) groups excluding carboxylic acids is 1. The lowest BCUT2D eigenvalue weighted by atomic mass is 9.89. The second kappa shape index (κ2) is 11.0. The van der Waals surface area contributed by atoms with Gasteiger partial charge in [-0.1, -0.05) is 36.4 Å². The first-order chi connectivity index (χ1) is 16.5. The largest absolute Gasteiger partial charge is 1.00 e. The minimum atomic E-state index is -0.240. The fourth-order valence-corrected chi connectivity index (χ4v) is 5.27. The molecule has 1 aliphatic carbocycles. The summed E-state index contributed by atoms with van der Waals surface area (Å²) in [5.41, 5.74) is 7.24. The Labute approximate surface area is 224 Å². The summed E-state index contributed by atoms with van der Waals surface area (Å²) < 4.78 is 14.4. The summed E-state index contributed by atoms with van der Waals surface area (Å²) in [5.74, 6) is -0.281. The molecule has 0 aromatic heterocycles. The highest BCUT2D eigenvalue weighted by molar-refractivity contribution is 6.07. The monoisotopic (exact) mass is 582 g/mol. The van der Waals surface area contributed by atoms with Crippen molar-refractivity contribution in [2.24, 2.45) is 0 Å². The molecular formula is C30H32FIN2O. The average Bonchev–Trinajstić information content (AvgIpc) is 2.85. The van der Waals surface area contributed by atoms with Gasteiger partial charge in [-0.05, 0) is 90.8 Å². The fourth-order valence-electron chi connectivity index (χ4n) is 5.27. The molecule has 1 fully saturated rings. The molecule has 0 spiro atoms. The number of hydrogen-bond acceptors (Lipinski definition) is 1. The number of nitrogens with zero attached hydrogens (tertiary/aromatic N) is 1. The standard InChI is InChI=1S/C30H31FN2O.HI/c1-33(17-3-2-4-18-33)21-22-5-15-29(16-6-22)32-30(34)26-10-8-24-7-9-25(19-27(24)20-26)23-11-13-28(31)14-12-23;/h5-7,9,11-16,19-20H,2-4,8,10,17-18,21H2,1H3;1H. The molecule has 182 valence electrons. The predicted molar refractivity (Wildman–Crippen MR) is 137 cm³/mol. The van der Waals surface area contributed by atoms with Gasteiger partial charge in [-0.3, -0.25) is 4.79 Å². The van der Waals surface area contributed by atoms with Gasteiger partial charge >= 0.3 is 0 Å². The van der Waals surface area contributed by atoms with Crippen LogP contribution in [0, 0.1) is 5.82 Å². The molecule has 35 heavy (non-hydrogen) atoms. The van der Waals surface area contributed by atoms with Crippen LogP contribution in [-0.2, 0) is 17.8 Å². The van der Waals surface area contributed by atoms with Crippen molar-refractivity contribution in [3.05, 3.63) is 94.8 Å². The first-order valence-electron chi connectivity index (χ1n) is 12.3. The number of aryl methyl sites for hydroxylation is 1. The summed E-state index contributed by atoms with van der Waals surface area (Å²) in [6.07, 6.45) is 7.54. The van der Waals surface area contributed by atoms with E-state index in [4.69, 9.17) is 0 Å². The minimum Gasteiger partial charge on any atom is -1.00 e. The van der Waals surface area contributed by atoms with Crippen LogP contribution >= 0.6 is 0 Å². The number of benzene rings is 3. The summed E-state index contributed by atoms with van der Waals surface area (Å²) >= 11 is 0. The zero-order valence-electron chi connectivity index (χ0n) is 20.2. The Morgan fingerprint density at radius 1 is 0.886 bits per heavy atom. The normalized spacial score (nSPS) is 16.5. The zero-order chi connectivity index (χ0) is 23.5. The highest BCUT2D eigenvalue weighted by Gasteiger charge is 2.25. The van der Waals surface area contributed by atoms with Gasteiger partial charge in [0.2, 0.25) is 0 Å². The van der Waals surface area contributed by atoms with Gasteiger partial charge in [-0.25, -0.2) is 4.39 Å². The van der Waals surface area contributed by atoms with E-state index in [0.717, 1.165) is 51.8 Å². The Hall–Kier alpha value is -2.51. The van der Waals surface area contributed by atoms with Gasteiger partial charge < -0.3 is 33.8 Å². The van der Waals surface area contributed by atoms with Crippen LogP contribution < -0.4 is 29.3 Å². The van der Waals surface area contributed by atoms with Gasteiger partial charge in [0.25, 0.3) is 5.91 Å². The van der Waals surface area contributed by atoms with Crippen LogP contribution in [0.2, 0.25) is 0 Å². The maximum absolute atomic E-state index is 13.3. The third kappa shape index (κ3) is 6.19. The number of halogens is 2. The number of rotatable bonds is 5. The molecule has 0 unspecified atom stereocenters. The lowest BCUT2D eigenvalue weighted by Gasteiger charge is -2.37. The molecule has 1 aliphatic heterocycles. The highest BCUT2D eigenvalue weighted by atomic mass is 127. The van der Waals surface area contributed by atoms with Gasteiger partial charge in [-0.15, -0.1) is 0 Å². The Balaban J connectivity index is 0.00000289. The number of amides is 1. The molecule has 1 amide bonds. The Bertz CT molecular complexity index is 1210. The van der Waals surface area contributed by atoms with Crippen molar-refractivity contribution in [3.8, 4) is 11.1 Å². The summed E-state index contributed by atoms with van der Waals surface area (Å²) in [4.78, 5) is 13.0. The Morgan fingerprint density at radius 3 is 2.29 bits per heavy atom. The first-order valence-corrected chi connectivity index (χ1v) is 12.3. The summed E-state index contributed by atoms with van der Waals surface area (Å²) in [7, 11) is 2.35. The van der Waals surface area contributed by atoms with Gasteiger partial charge in [0.1, 0.15) is 12.4 Å². The molecule has 3 aromatic rings. The molecule has 0 radical (unpaired) electrons. The molecule has 5 heteroatoms. The number of likely N-dealkylation sites (tertiary alicyclic amines) is 1. The molecule has 1 N–H and O–H groups in total. The number of anilines is 1. The number of carbonyl (C=O) groups is 1. The van der Waals surface area contributed by atoms with Crippen LogP contribution in [0.4, 0.5) is 10.1 Å². The van der Waals surface area contributed by atoms with E-state index in [2.05, 4.69) is 42.7 Å². The van der Waals surface area contributed by atoms with Crippen LogP contribution in [0.25, 0.3) is 17.2 Å². The number of hydrogen-bond donors (Lipinski definition) is 1. The summed E-state index contributed by atoms with van der Waals surface area (Å²) in [6, 6.07) is 21.1. The Morgan fingerprint density at radius 2 is 1.57 bits per heavy atom. The fraction of sp³-hybridized carbons (Fsp3) is 0.300. The molecule has 1 heterocycles. The van der Waals surface area contributed by atoms with Crippen molar-refractivity contribution in [2.75, 3.05) is 25.5 Å². The van der Waals surface area contributed by atoms with Crippen molar-refractivity contribution >= 4 is 17.7 Å². The topological polar surface area (TPSA) is 29.1 Å². The number of nitrogens with one attached hydrogen (secondary N) is 1. The molecule has 3 aromatic carbocycles. The quantitative estimate of drug-likeness (QED) is 0.362. The second-order valence-corrected chi connectivity index (χ2v) is 10.0. The summed E-state index contributed by atoms with van der Waals surface area (Å²) in [6.45, 7) is 3.54. The predicted octanol–water partition coefficient (Wildman–Crippen LogP) is 3.60. The van der Waals surface area contributed by atoms with Crippen molar-refractivity contribution in [3.63, 3.8) is 0 Å². The zero-order valence-corrected chi connectivity index (χ0v) is 22.4.